The molecule has 1 aliphatic heterocycles. The zero-order valence-corrected chi connectivity index (χ0v) is 18.6. The second-order valence-corrected chi connectivity index (χ2v) is 8.11. The Morgan fingerprint density at radius 2 is 1.66 bits per heavy atom. The summed E-state index contributed by atoms with van der Waals surface area (Å²) < 4.78 is 5.56. The van der Waals surface area contributed by atoms with Crippen molar-refractivity contribution in [2.75, 3.05) is 36.0 Å². The first kappa shape index (κ1) is 20.2. The number of aromatic nitrogens is 4. The lowest BCUT2D eigenvalue weighted by Gasteiger charge is -2.37. The molecule has 0 aliphatic carbocycles. The van der Waals surface area contributed by atoms with Crippen LogP contribution in [0.25, 0.3) is 22.5 Å². The Balaban J connectivity index is 1.44. The zero-order chi connectivity index (χ0) is 22.1. The molecular formula is C25H26N6O. The molecule has 0 saturated carbocycles. The Labute approximate surface area is 187 Å². The van der Waals surface area contributed by atoms with Gasteiger partial charge in [-0.2, -0.15) is 0 Å². The first-order valence-electron chi connectivity index (χ1n) is 10.9. The lowest BCUT2D eigenvalue weighted by atomic mass is 10.1. The van der Waals surface area contributed by atoms with Gasteiger partial charge >= 0.3 is 0 Å². The first-order chi connectivity index (χ1) is 15.6. The van der Waals surface area contributed by atoms with Gasteiger partial charge in [0.1, 0.15) is 5.76 Å². The topological polar surface area (TPSA) is 71.2 Å². The van der Waals surface area contributed by atoms with Crippen molar-refractivity contribution in [2.24, 2.45) is 0 Å². The summed E-state index contributed by atoms with van der Waals surface area (Å²) in [5, 5.41) is 0. The molecule has 1 aromatic carbocycles. The predicted octanol–water partition coefficient (Wildman–Crippen LogP) is 4.45. The van der Waals surface area contributed by atoms with Gasteiger partial charge in [0.25, 0.3) is 0 Å². The molecule has 7 heteroatoms. The molecule has 4 heterocycles. The molecule has 1 saturated heterocycles. The van der Waals surface area contributed by atoms with Gasteiger partial charge in [-0.3, -0.25) is 9.97 Å². The normalized spacial score (nSPS) is 14.1. The van der Waals surface area contributed by atoms with E-state index in [1.807, 2.05) is 19.2 Å². The van der Waals surface area contributed by atoms with Crippen molar-refractivity contribution in [2.45, 2.75) is 20.8 Å². The van der Waals surface area contributed by atoms with Gasteiger partial charge in [0, 0.05) is 61.6 Å². The Bertz CT molecular complexity index is 1230. The third kappa shape index (κ3) is 3.70. The van der Waals surface area contributed by atoms with Crippen LogP contribution >= 0.6 is 0 Å². The minimum absolute atomic E-state index is 0.730. The van der Waals surface area contributed by atoms with E-state index in [0.717, 1.165) is 60.4 Å². The largest absolute Gasteiger partial charge is 0.469 e. The van der Waals surface area contributed by atoms with Crippen molar-refractivity contribution in [3.05, 3.63) is 72.2 Å². The van der Waals surface area contributed by atoms with E-state index >= 15 is 0 Å². The van der Waals surface area contributed by atoms with E-state index in [9.17, 15) is 0 Å². The van der Waals surface area contributed by atoms with Crippen LogP contribution in [0.15, 0.2) is 59.7 Å². The number of hydrogen-bond donors (Lipinski definition) is 0. The molecule has 5 rings (SSSR count). The van der Waals surface area contributed by atoms with E-state index in [1.165, 1.54) is 16.8 Å². The lowest BCUT2D eigenvalue weighted by molar-refractivity contribution is 0.535. The van der Waals surface area contributed by atoms with Crippen molar-refractivity contribution in [3.8, 4) is 22.5 Å². The maximum atomic E-state index is 5.56. The van der Waals surface area contributed by atoms with Crippen LogP contribution in [-0.4, -0.2) is 46.1 Å². The SMILES string of the molecule is Cc1cccc(N2CCN(c3ncc(-c4cnccn4)c(-c4ccoc4C)n3)CC2)c1C. The fraction of sp³-hybridized carbons (Fsp3) is 0.280. The molecule has 0 unspecified atom stereocenters. The van der Waals surface area contributed by atoms with Crippen molar-refractivity contribution in [1.29, 1.82) is 0 Å². The van der Waals surface area contributed by atoms with Crippen molar-refractivity contribution >= 4 is 11.6 Å². The first-order valence-corrected chi connectivity index (χ1v) is 10.9. The van der Waals surface area contributed by atoms with Gasteiger partial charge in [-0.1, -0.05) is 12.1 Å². The van der Waals surface area contributed by atoms with E-state index in [-0.39, 0.29) is 0 Å². The molecule has 3 aromatic heterocycles. The van der Waals surface area contributed by atoms with Crippen LogP contribution in [-0.2, 0) is 0 Å². The Morgan fingerprint density at radius 3 is 2.38 bits per heavy atom. The molecule has 162 valence electrons. The van der Waals surface area contributed by atoms with E-state index < -0.39 is 0 Å². The maximum Gasteiger partial charge on any atom is 0.226 e. The van der Waals surface area contributed by atoms with Gasteiger partial charge in [-0.05, 0) is 44.0 Å². The van der Waals surface area contributed by atoms with E-state index in [1.54, 1.807) is 24.9 Å². The van der Waals surface area contributed by atoms with E-state index in [4.69, 9.17) is 14.4 Å². The zero-order valence-electron chi connectivity index (χ0n) is 18.6. The van der Waals surface area contributed by atoms with Crippen LogP contribution in [0.2, 0.25) is 0 Å². The van der Waals surface area contributed by atoms with Crippen LogP contribution in [0, 0.1) is 20.8 Å². The minimum Gasteiger partial charge on any atom is -0.469 e. The highest BCUT2D eigenvalue weighted by Crippen LogP contribution is 2.33. The van der Waals surface area contributed by atoms with Crippen molar-refractivity contribution in [1.82, 2.24) is 19.9 Å². The summed E-state index contributed by atoms with van der Waals surface area (Å²) in [7, 11) is 0. The van der Waals surface area contributed by atoms with Gasteiger partial charge in [0.2, 0.25) is 5.95 Å². The summed E-state index contributed by atoms with van der Waals surface area (Å²) in [6, 6.07) is 8.46. The number of hydrogen-bond acceptors (Lipinski definition) is 7. The molecule has 0 atom stereocenters. The molecule has 0 radical (unpaired) electrons. The number of anilines is 2. The summed E-state index contributed by atoms with van der Waals surface area (Å²) >= 11 is 0. The minimum atomic E-state index is 0.730. The van der Waals surface area contributed by atoms with Gasteiger partial charge < -0.3 is 14.2 Å². The number of aryl methyl sites for hydroxylation is 2. The van der Waals surface area contributed by atoms with Gasteiger partial charge in [0.05, 0.1) is 23.8 Å². The summed E-state index contributed by atoms with van der Waals surface area (Å²) in [5.41, 5.74) is 7.35. The highest BCUT2D eigenvalue weighted by molar-refractivity contribution is 5.79. The summed E-state index contributed by atoms with van der Waals surface area (Å²) in [6.07, 6.45) is 8.62. The number of piperazine rings is 1. The quantitative estimate of drug-likeness (QED) is 0.477. The summed E-state index contributed by atoms with van der Waals surface area (Å²) in [6.45, 7) is 9.90. The fourth-order valence-electron chi connectivity index (χ4n) is 4.21. The van der Waals surface area contributed by atoms with E-state index in [2.05, 4.69) is 51.8 Å². The smallest absolute Gasteiger partial charge is 0.226 e. The van der Waals surface area contributed by atoms with Gasteiger partial charge in [0.15, 0.2) is 0 Å². The molecule has 1 fully saturated rings. The molecule has 7 nitrogen and oxygen atoms in total. The molecule has 1 aliphatic rings. The van der Waals surface area contributed by atoms with Crippen molar-refractivity contribution in [3.63, 3.8) is 0 Å². The van der Waals surface area contributed by atoms with Crippen LogP contribution < -0.4 is 9.80 Å². The number of benzene rings is 1. The average Bonchev–Trinajstić information content (AvgIpc) is 3.27. The standard InChI is InChI=1S/C25H26N6O/c1-17-5-4-6-23(18(17)2)30-10-12-31(13-11-30)25-28-15-21(22-16-26-8-9-27-22)24(29-25)20-7-14-32-19(20)3/h4-9,14-16H,10-13H2,1-3H3. The second-order valence-electron chi connectivity index (χ2n) is 8.11. The monoisotopic (exact) mass is 426 g/mol. The maximum absolute atomic E-state index is 5.56. The second kappa shape index (κ2) is 8.42. The number of rotatable bonds is 4. The molecular weight excluding hydrogens is 400 g/mol. The number of furan rings is 1. The molecule has 0 bridgehead atoms. The highest BCUT2D eigenvalue weighted by atomic mass is 16.3. The third-order valence-electron chi connectivity index (χ3n) is 6.21. The van der Waals surface area contributed by atoms with Crippen LogP contribution in [0.4, 0.5) is 11.6 Å². The molecule has 0 spiro atoms. The third-order valence-corrected chi connectivity index (χ3v) is 6.21. The van der Waals surface area contributed by atoms with Gasteiger partial charge in [-0.15, -0.1) is 0 Å². The summed E-state index contributed by atoms with van der Waals surface area (Å²) in [4.78, 5) is 23.1. The van der Waals surface area contributed by atoms with Crippen LogP contribution in [0.5, 0.6) is 0 Å². The van der Waals surface area contributed by atoms with Crippen LogP contribution in [0.3, 0.4) is 0 Å². The molecule has 0 amide bonds. The van der Waals surface area contributed by atoms with Crippen LogP contribution in [0.1, 0.15) is 16.9 Å². The molecule has 32 heavy (non-hydrogen) atoms. The average molecular weight is 427 g/mol. The Hall–Kier alpha value is -3.74. The Morgan fingerprint density at radius 1 is 0.844 bits per heavy atom. The van der Waals surface area contributed by atoms with Crippen molar-refractivity contribution < 1.29 is 4.42 Å². The predicted molar refractivity (Wildman–Crippen MR) is 126 cm³/mol. The van der Waals surface area contributed by atoms with E-state index in [0.29, 0.717) is 0 Å². The lowest BCUT2D eigenvalue weighted by Crippen LogP contribution is -2.47. The summed E-state index contributed by atoms with van der Waals surface area (Å²) in [5.74, 6) is 1.55. The fourth-order valence-corrected chi connectivity index (χ4v) is 4.21. The Kier molecular flexibility index (Phi) is 5.31. The molecule has 4 aromatic rings. The highest BCUT2D eigenvalue weighted by Gasteiger charge is 2.23. The van der Waals surface area contributed by atoms with Gasteiger partial charge in [-0.25, -0.2) is 9.97 Å². The molecule has 0 N–H and O–H groups in total. The number of nitrogens with zero attached hydrogens (tertiary/aromatic N) is 6.